The Morgan fingerprint density at radius 3 is 1.11 bits per heavy atom. The lowest BCUT2D eigenvalue weighted by Crippen LogP contribution is -2.29. The summed E-state index contributed by atoms with van der Waals surface area (Å²) in [7, 11) is 0. The molecule has 88 heavy (non-hydrogen) atoms. The van der Waals surface area contributed by atoms with Gasteiger partial charge in [-0.3, -0.25) is 0 Å². The zero-order valence-electron chi connectivity index (χ0n) is 50.3. The molecule has 0 amide bonds. The Morgan fingerprint density at radius 1 is 0.330 bits per heavy atom. The van der Waals surface area contributed by atoms with Gasteiger partial charge in [0, 0.05) is 33.5 Å². The van der Waals surface area contributed by atoms with Crippen LogP contribution in [0.2, 0.25) is 0 Å². The molecule has 2 heteroatoms. The number of hydrogen-bond donors (Lipinski definition) is 0. The number of fused-ring (bicyclic) bond motifs is 6. The lowest BCUT2D eigenvalue weighted by molar-refractivity contribution is 0.760. The van der Waals surface area contributed by atoms with Crippen LogP contribution >= 0.6 is 0 Å². The van der Waals surface area contributed by atoms with Gasteiger partial charge in [-0.15, -0.1) is 0 Å². The first kappa shape index (κ1) is 53.0. The Hall–Kier alpha value is -10.5. The van der Waals surface area contributed by atoms with Crippen molar-refractivity contribution < 1.29 is 0 Å². The lowest BCUT2D eigenvalue weighted by Gasteiger charge is -2.36. The maximum Gasteiger partial charge on any atom is 0.0714 e. The summed E-state index contributed by atoms with van der Waals surface area (Å²) < 4.78 is 0. The van der Waals surface area contributed by atoms with E-state index in [1.54, 1.807) is 0 Å². The monoisotopic (exact) mass is 1130 g/mol. The van der Waals surface area contributed by atoms with E-state index in [4.69, 9.17) is 0 Å². The second-order valence-corrected chi connectivity index (χ2v) is 24.6. The van der Waals surface area contributed by atoms with Gasteiger partial charge in [-0.1, -0.05) is 257 Å². The van der Waals surface area contributed by atoms with Crippen molar-refractivity contribution in [2.45, 2.75) is 51.4 Å². The number of rotatable bonds is 12. The summed E-state index contributed by atoms with van der Waals surface area (Å²) in [6, 6.07) is 111. The maximum atomic E-state index is 2.52. The molecule has 2 aliphatic rings. The van der Waals surface area contributed by atoms with Crippen molar-refractivity contribution in [1.29, 1.82) is 0 Å². The lowest BCUT2D eigenvalue weighted by atomic mass is 9.67. The predicted octanol–water partition coefficient (Wildman–Crippen LogP) is 23.0. The van der Waals surface area contributed by atoms with Crippen molar-refractivity contribution in [3.63, 3.8) is 0 Å². The average Bonchev–Trinajstić information content (AvgIpc) is 1.48. The third-order valence-electron chi connectivity index (χ3n) is 19.3. The Kier molecular flexibility index (Phi) is 12.6. The fourth-order valence-corrected chi connectivity index (χ4v) is 15.6. The molecule has 0 aromatic heterocycles. The smallest absolute Gasteiger partial charge is 0.0714 e. The zero-order chi connectivity index (χ0) is 59.3. The molecule has 0 saturated heterocycles. The van der Waals surface area contributed by atoms with Gasteiger partial charge in [-0.05, 0) is 198 Å². The minimum atomic E-state index is -0.591. The van der Waals surface area contributed by atoms with Crippen molar-refractivity contribution in [1.82, 2.24) is 0 Å². The fourth-order valence-electron chi connectivity index (χ4n) is 15.6. The van der Waals surface area contributed by atoms with Crippen LogP contribution in [0.1, 0.15) is 93.5 Å². The number of aryl methyl sites for hydroxylation is 2. The van der Waals surface area contributed by atoms with Crippen LogP contribution in [0.4, 0.5) is 34.1 Å². The van der Waals surface area contributed by atoms with Gasteiger partial charge < -0.3 is 9.80 Å². The number of hydrogen-bond acceptors (Lipinski definition) is 2. The molecule has 14 aromatic carbocycles. The molecule has 16 rings (SSSR count). The quantitative estimate of drug-likeness (QED) is 0.113. The van der Waals surface area contributed by atoms with Crippen LogP contribution in [0.15, 0.2) is 297 Å². The van der Waals surface area contributed by atoms with E-state index in [9.17, 15) is 0 Å². The third kappa shape index (κ3) is 8.02. The Balaban J connectivity index is 0.908. The molecule has 420 valence electrons. The molecule has 0 spiro atoms. The molecular formula is C86H66N2. The van der Waals surface area contributed by atoms with Gasteiger partial charge in [-0.25, -0.2) is 0 Å². The summed E-state index contributed by atoms with van der Waals surface area (Å²) >= 11 is 0. The van der Waals surface area contributed by atoms with Gasteiger partial charge in [0.15, 0.2) is 0 Å². The topological polar surface area (TPSA) is 6.48 Å². The first-order valence-electron chi connectivity index (χ1n) is 31.1. The van der Waals surface area contributed by atoms with E-state index in [0.717, 1.165) is 34.1 Å². The summed E-state index contributed by atoms with van der Waals surface area (Å²) in [5.41, 5.74) is 25.7. The minimum absolute atomic E-state index is 0.373. The molecule has 0 radical (unpaired) electrons. The van der Waals surface area contributed by atoms with Crippen LogP contribution in [0, 0.1) is 13.8 Å². The van der Waals surface area contributed by atoms with Crippen LogP contribution in [-0.4, -0.2) is 0 Å². The zero-order valence-corrected chi connectivity index (χ0v) is 50.3. The van der Waals surface area contributed by atoms with Gasteiger partial charge >= 0.3 is 0 Å². The van der Waals surface area contributed by atoms with Crippen LogP contribution in [-0.2, 0) is 10.8 Å². The maximum absolute atomic E-state index is 2.52. The van der Waals surface area contributed by atoms with Crippen LogP contribution in [0.25, 0.3) is 60.6 Å². The Labute approximate surface area is 516 Å². The summed E-state index contributed by atoms with van der Waals surface area (Å²) in [4.78, 5) is 5.03. The second kappa shape index (κ2) is 20.9. The molecule has 0 aliphatic heterocycles. The van der Waals surface area contributed by atoms with Gasteiger partial charge in [0.25, 0.3) is 0 Å². The minimum Gasteiger partial charge on any atom is -0.310 e. The van der Waals surface area contributed by atoms with E-state index in [0.29, 0.717) is 5.92 Å². The highest BCUT2D eigenvalue weighted by molar-refractivity contribution is 6.28. The van der Waals surface area contributed by atoms with Crippen LogP contribution < -0.4 is 9.80 Å². The Bertz CT molecular complexity index is 5000. The van der Waals surface area contributed by atoms with Crippen molar-refractivity contribution >= 4 is 72.5 Å². The van der Waals surface area contributed by atoms with E-state index in [1.807, 2.05) is 0 Å². The van der Waals surface area contributed by atoms with Crippen LogP contribution in [0.5, 0.6) is 0 Å². The number of benzene rings is 14. The molecule has 2 nitrogen and oxygen atoms in total. The first-order valence-corrected chi connectivity index (χ1v) is 31.1. The molecule has 2 aliphatic carbocycles. The standard InChI is InChI=1S/C86H66N2/c1-6-21-59-24-17-26-63(52-59)85(77-38-11-7-34-71(77)72-35-8-12-39-78(72)85)65-28-19-32-69(54-65)87(67-30-15-22-57(4)50-67)81-48-44-60-43-47-76-82(49-45-61-42-46-75(81)83(60)84(61)76)88(68-31-16-23-58(5)51-68)70-33-20-29-66(55-70)86(64-27-18-25-62(53-64)56(2)3)79-40-13-9-36-73(79)74-37-10-14-41-80(74)86/h6-56H,1-5H3. The van der Waals surface area contributed by atoms with Crippen molar-refractivity contribution in [2.75, 3.05) is 9.80 Å². The fraction of sp³-hybridized carbons (Fsp3) is 0.0930. The second-order valence-electron chi connectivity index (χ2n) is 24.6. The normalized spacial score (nSPS) is 13.5. The predicted molar refractivity (Wildman–Crippen MR) is 372 cm³/mol. The largest absolute Gasteiger partial charge is 0.310 e. The first-order chi connectivity index (χ1) is 43.2. The Morgan fingerprint density at radius 2 is 0.693 bits per heavy atom. The van der Waals surface area contributed by atoms with Gasteiger partial charge in [-0.2, -0.15) is 0 Å². The molecule has 0 fully saturated rings. The molecule has 0 heterocycles. The van der Waals surface area contributed by atoms with Crippen molar-refractivity contribution in [2.24, 2.45) is 0 Å². The van der Waals surface area contributed by atoms with Gasteiger partial charge in [0.05, 0.1) is 22.2 Å². The molecule has 0 atom stereocenters. The molecule has 0 N–H and O–H groups in total. The van der Waals surface area contributed by atoms with Gasteiger partial charge in [0.2, 0.25) is 0 Å². The molecule has 14 aromatic rings. The summed E-state index contributed by atoms with van der Waals surface area (Å²) in [6.07, 6.45) is 4.35. The van der Waals surface area contributed by atoms with Crippen molar-refractivity contribution in [3.05, 3.63) is 364 Å². The number of allylic oxidation sites excluding steroid dienone is 1. The SMILES string of the molecule is CC=Cc1cccc(C2(c3cccc(N(c4cccc(C)c4)c4ccc5ccc6c(N(c7cccc(C)c7)c7cccc(C8(c9cccc(C(C)C)c9)c9ccccc9-c9ccccc98)c7)ccc7ccc4c5c76)c3)c3ccccc3-c3ccccc32)c1. The summed E-state index contributed by atoms with van der Waals surface area (Å²) in [5, 5.41) is 7.30. The van der Waals surface area contributed by atoms with Crippen molar-refractivity contribution in [3.8, 4) is 22.3 Å². The average molecular weight is 1130 g/mol. The van der Waals surface area contributed by atoms with E-state index in [1.165, 1.54) is 121 Å². The third-order valence-corrected chi connectivity index (χ3v) is 19.3. The number of anilines is 6. The van der Waals surface area contributed by atoms with E-state index >= 15 is 0 Å². The molecule has 0 saturated carbocycles. The highest BCUT2D eigenvalue weighted by Crippen LogP contribution is 2.59. The number of nitrogens with zero attached hydrogens (tertiary/aromatic N) is 2. The van der Waals surface area contributed by atoms with E-state index in [-0.39, 0.29) is 0 Å². The molecule has 0 bridgehead atoms. The molecular weight excluding hydrogens is 1060 g/mol. The summed E-state index contributed by atoms with van der Waals surface area (Å²) in [5.74, 6) is 0.373. The highest BCUT2D eigenvalue weighted by atomic mass is 15.2. The van der Waals surface area contributed by atoms with E-state index in [2.05, 4.69) is 348 Å². The van der Waals surface area contributed by atoms with Gasteiger partial charge in [0.1, 0.15) is 0 Å². The highest BCUT2D eigenvalue weighted by Gasteiger charge is 2.48. The molecule has 0 unspecified atom stereocenters. The van der Waals surface area contributed by atoms with E-state index < -0.39 is 10.8 Å². The van der Waals surface area contributed by atoms with Crippen LogP contribution in [0.3, 0.4) is 0 Å². The summed E-state index contributed by atoms with van der Waals surface area (Å²) in [6.45, 7) is 11.1.